The van der Waals surface area contributed by atoms with Gasteiger partial charge in [0.25, 0.3) is 5.91 Å². The topological polar surface area (TPSA) is 87.6 Å². The molecule has 0 aromatic heterocycles. The molecular formula is C19H19N3O3S2. The predicted octanol–water partition coefficient (Wildman–Crippen LogP) is 2.93. The molecule has 8 heteroatoms. The average molecular weight is 402 g/mol. The summed E-state index contributed by atoms with van der Waals surface area (Å²) in [7, 11) is -2.95. The molecule has 1 saturated heterocycles. The molecule has 2 aromatic carbocycles. The van der Waals surface area contributed by atoms with Crippen LogP contribution in [0.15, 0.2) is 53.5 Å². The van der Waals surface area contributed by atoms with E-state index in [-0.39, 0.29) is 28.7 Å². The number of benzene rings is 2. The van der Waals surface area contributed by atoms with E-state index in [0.717, 1.165) is 22.1 Å². The van der Waals surface area contributed by atoms with E-state index < -0.39 is 9.84 Å². The van der Waals surface area contributed by atoms with Crippen molar-refractivity contribution in [2.45, 2.75) is 18.2 Å². The summed E-state index contributed by atoms with van der Waals surface area (Å²) in [6.07, 6.45) is 0. The molecule has 2 atom stereocenters. The molecule has 0 bridgehead atoms. The van der Waals surface area contributed by atoms with Crippen LogP contribution in [0, 0.1) is 6.92 Å². The fourth-order valence-corrected chi connectivity index (χ4v) is 6.85. The molecule has 27 heavy (non-hydrogen) atoms. The molecule has 2 N–H and O–H groups in total. The number of aliphatic imine (C=N–C) groups is 1. The molecule has 4 rings (SSSR count). The highest BCUT2D eigenvalue weighted by molar-refractivity contribution is 8.15. The molecule has 2 aromatic rings. The summed E-state index contributed by atoms with van der Waals surface area (Å²) in [5.41, 5.74) is 3.22. The number of hydrogen-bond donors (Lipinski definition) is 2. The van der Waals surface area contributed by atoms with Crippen molar-refractivity contribution in [3.05, 3.63) is 59.7 Å². The lowest BCUT2D eigenvalue weighted by atomic mass is 10.1. The molecule has 0 spiro atoms. The third kappa shape index (κ3) is 4.17. The zero-order chi connectivity index (χ0) is 19.0. The monoisotopic (exact) mass is 401 g/mol. The van der Waals surface area contributed by atoms with Crippen molar-refractivity contribution >= 4 is 44.0 Å². The minimum atomic E-state index is -2.95. The van der Waals surface area contributed by atoms with Gasteiger partial charge < -0.3 is 10.6 Å². The number of amides is 1. The number of anilines is 2. The van der Waals surface area contributed by atoms with E-state index in [4.69, 9.17) is 0 Å². The van der Waals surface area contributed by atoms with Gasteiger partial charge in [-0.05, 0) is 48.9 Å². The number of nitrogens with one attached hydrogen (secondary N) is 2. The first-order chi connectivity index (χ1) is 12.9. The van der Waals surface area contributed by atoms with Crippen molar-refractivity contribution in [3.63, 3.8) is 0 Å². The number of hydrogen-bond acceptors (Lipinski definition) is 6. The number of sulfone groups is 1. The Morgan fingerprint density at radius 1 is 1.11 bits per heavy atom. The van der Waals surface area contributed by atoms with E-state index in [1.807, 2.05) is 43.3 Å². The molecule has 2 heterocycles. The lowest BCUT2D eigenvalue weighted by Gasteiger charge is -2.09. The van der Waals surface area contributed by atoms with Crippen LogP contribution >= 0.6 is 11.8 Å². The van der Waals surface area contributed by atoms with Crippen LogP contribution in [0.3, 0.4) is 0 Å². The molecule has 0 saturated carbocycles. The summed E-state index contributed by atoms with van der Waals surface area (Å²) >= 11 is 1.47. The smallest absolute Gasteiger partial charge is 0.255 e. The van der Waals surface area contributed by atoms with Gasteiger partial charge in [-0.3, -0.25) is 9.79 Å². The van der Waals surface area contributed by atoms with Crippen molar-refractivity contribution < 1.29 is 13.2 Å². The first kappa shape index (κ1) is 18.1. The molecule has 1 amide bonds. The molecule has 0 unspecified atom stereocenters. The number of fused-ring (bicyclic) bond motifs is 1. The van der Waals surface area contributed by atoms with Gasteiger partial charge in [0.2, 0.25) is 0 Å². The second kappa shape index (κ2) is 7.01. The van der Waals surface area contributed by atoms with Crippen molar-refractivity contribution in [1.29, 1.82) is 0 Å². The second-order valence-electron chi connectivity index (χ2n) is 6.76. The first-order valence-corrected chi connectivity index (χ1v) is 11.3. The lowest BCUT2D eigenvalue weighted by molar-refractivity contribution is 0.102. The Bertz CT molecular complexity index is 1020. The van der Waals surface area contributed by atoms with E-state index in [9.17, 15) is 13.2 Å². The van der Waals surface area contributed by atoms with Crippen LogP contribution in [0.25, 0.3) is 0 Å². The van der Waals surface area contributed by atoms with Crippen molar-refractivity contribution in [3.8, 4) is 0 Å². The van der Waals surface area contributed by atoms with Gasteiger partial charge in [-0.25, -0.2) is 8.42 Å². The molecule has 0 radical (unpaired) electrons. The largest absolute Gasteiger partial charge is 0.335 e. The molecule has 140 valence electrons. The van der Waals surface area contributed by atoms with E-state index in [0.29, 0.717) is 5.56 Å². The zero-order valence-corrected chi connectivity index (χ0v) is 16.3. The average Bonchev–Trinajstić information content (AvgIpc) is 3.08. The van der Waals surface area contributed by atoms with Crippen molar-refractivity contribution in [2.24, 2.45) is 4.99 Å². The van der Waals surface area contributed by atoms with Crippen LogP contribution in [0.2, 0.25) is 0 Å². The third-order valence-electron chi connectivity index (χ3n) is 4.49. The third-order valence-corrected chi connectivity index (χ3v) is 7.63. The van der Waals surface area contributed by atoms with Crippen LogP contribution in [0.1, 0.15) is 15.9 Å². The Morgan fingerprint density at radius 2 is 1.89 bits per heavy atom. The lowest BCUT2D eigenvalue weighted by Crippen LogP contribution is -2.13. The highest BCUT2D eigenvalue weighted by Crippen LogP contribution is 2.34. The fourth-order valence-electron chi connectivity index (χ4n) is 3.17. The Balaban J connectivity index is 1.39. The minimum Gasteiger partial charge on any atom is -0.335 e. The Morgan fingerprint density at radius 3 is 2.59 bits per heavy atom. The van der Waals surface area contributed by atoms with Gasteiger partial charge in [0.05, 0.1) is 17.5 Å². The molecule has 2 aliphatic rings. The van der Waals surface area contributed by atoms with Gasteiger partial charge in [-0.2, -0.15) is 0 Å². The maximum Gasteiger partial charge on any atom is 0.255 e. The first-order valence-electron chi connectivity index (χ1n) is 8.58. The van der Waals surface area contributed by atoms with Crippen LogP contribution in [0.4, 0.5) is 11.4 Å². The number of amidine groups is 1. The van der Waals surface area contributed by atoms with Gasteiger partial charge >= 0.3 is 0 Å². The number of rotatable bonds is 3. The van der Waals surface area contributed by atoms with E-state index in [2.05, 4.69) is 15.6 Å². The maximum absolute atomic E-state index is 12.4. The SMILES string of the molecule is Cc1cccc(NC(=O)c2ccc(NC3=N[C@@H]4CS(=O)(=O)C[C@@H]4S3)cc2)c1. The van der Waals surface area contributed by atoms with E-state index in [1.165, 1.54) is 11.8 Å². The Labute approximate surface area is 162 Å². The van der Waals surface area contributed by atoms with Crippen LogP contribution in [-0.4, -0.2) is 42.3 Å². The van der Waals surface area contributed by atoms with E-state index in [1.54, 1.807) is 12.1 Å². The Kier molecular flexibility index (Phi) is 4.69. The zero-order valence-electron chi connectivity index (χ0n) is 14.7. The molecule has 2 aliphatic heterocycles. The molecule has 1 fully saturated rings. The van der Waals surface area contributed by atoms with Gasteiger partial charge in [-0.1, -0.05) is 23.9 Å². The molecule has 0 aliphatic carbocycles. The van der Waals surface area contributed by atoms with Gasteiger partial charge in [0.1, 0.15) is 0 Å². The Hall–Kier alpha value is -2.32. The van der Waals surface area contributed by atoms with Crippen LogP contribution < -0.4 is 10.6 Å². The number of carbonyl (C=O) groups is 1. The van der Waals surface area contributed by atoms with Gasteiger partial charge in [0, 0.05) is 22.2 Å². The number of carbonyl (C=O) groups excluding carboxylic acids is 1. The van der Waals surface area contributed by atoms with Crippen LogP contribution in [-0.2, 0) is 9.84 Å². The maximum atomic E-state index is 12.4. The van der Waals surface area contributed by atoms with Gasteiger partial charge in [-0.15, -0.1) is 0 Å². The number of aryl methyl sites for hydroxylation is 1. The standard InChI is InChI=1S/C19H19N3O3S2/c1-12-3-2-4-15(9-12)20-18(23)13-5-7-14(8-6-13)21-19-22-16-10-27(24,25)11-17(16)26-19/h2-9,16-17H,10-11H2,1H3,(H,20,23)(H,21,22)/t16-,17+/m1/s1. The summed E-state index contributed by atoms with van der Waals surface area (Å²) in [6.45, 7) is 1.98. The van der Waals surface area contributed by atoms with Crippen molar-refractivity contribution in [2.75, 3.05) is 22.1 Å². The molecule has 6 nitrogen and oxygen atoms in total. The number of thioether (sulfide) groups is 1. The highest BCUT2D eigenvalue weighted by atomic mass is 32.2. The highest BCUT2D eigenvalue weighted by Gasteiger charge is 2.42. The summed E-state index contributed by atoms with van der Waals surface area (Å²) in [4.78, 5) is 16.8. The summed E-state index contributed by atoms with van der Waals surface area (Å²) in [5, 5.41) is 6.83. The van der Waals surface area contributed by atoms with Gasteiger partial charge in [0.15, 0.2) is 15.0 Å². The fraction of sp³-hybridized carbons (Fsp3) is 0.263. The minimum absolute atomic E-state index is 0.0110. The number of nitrogens with zero attached hydrogens (tertiary/aromatic N) is 1. The summed E-state index contributed by atoms with van der Waals surface area (Å²) in [6, 6.07) is 14.6. The predicted molar refractivity (Wildman–Crippen MR) is 110 cm³/mol. The van der Waals surface area contributed by atoms with Crippen molar-refractivity contribution in [1.82, 2.24) is 0 Å². The molecular weight excluding hydrogens is 382 g/mol. The summed E-state index contributed by atoms with van der Waals surface area (Å²) < 4.78 is 23.2. The second-order valence-corrected chi connectivity index (χ2v) is 10.1. The quantitative estimate of drug-likeness (QED) is 0.826. The normalized spacial score (nSPS) is 22.8. The van der Waals surface area contributed by atoms with E-state index >= 15 is 0 Å². The summed E-state index contributed by atoms with van der Waals surface area (Å²) in [5.74, 6) is 0.155. The van der Waals surface area contributed by atoms with Crippen LogP contribution in [0.5, 0.6) is 0 Å².